The minimum atomic E-state index is -0.601. The molecule has 1 saturated heterocycles. The molecule has 3 heterocycles. The van der Waals surface area contributed by atoms with Crippen LogP contribution in [0.2, 0.25) is 0 Å². The van der Waals surface area contributed by atoms with Crippen molar-refractivity contribution in [2.45, 2.75) is 13.0 Å². The molecule has 9 heteroatoms. The van der Waals surface area contributed by atoms with E-state index in [-0.39, 0.29) is 24.6 Å². The van der Waals surface area contributed by atoms with Crippen LogP contribution < -0.4 is 10.2 Å². The Bertz CT molecular complexity index is 1130. The van der Waals surface area contributed by atoms with Gasteiger partial charge in [0.05, 0.1) is 24.3 Å². The highest BCUT2D eigenvalue weighted by molar-refractivity contribution is 5.91. The van der Waals surface area contributed by atoms with E-state index in [2.05, 4.69) is 10.3 Å². The quantitative estimate of drug-likeness (QED) is 0.669. The second-order valence-corrected chi connectivity index (χ2v) is 6.68. The van der Waals surface area contributed by atoms with Crippen LogP contribution >= 0.6 is 0 Å². The van der Waals surface area contributed by atoms with E-state index < -0.39 is 18.0 Å². The summed E-state index contributed by atoms with van der Waals surface area (Å²) < 4.78 is 21.7. The van der Waals surface area contributed by atoms with Crippen molar-refractivity contribution >= 4 is 29.6 Å². The fourth-order valence-electron chi connectivity index (χ4n) is 3.30. The smallest absolute Gasteiger partial charge is 0.414 e. The van der Waals surface area contributed by atoms with Crippen LogP contribution in [0.4, 0.5) is 14.9 Å². The third-order valence-corrected chi connectivity index (χ3v) is 4.67. The predicted molar refractivity (Wildman–Crippen MR) is 102 cm³/mol. The van der Waals surface area contributed by atoms with Crippen molar-refractivity contribution in [3.8, 4) is 11.1 Å². The molecule has 0 spiro atoms. The molecule has 3 aromatic rings. The van der Waals surface area contributed by atoms with Crippen molar-refractivity contribution < 1.29 is 23.5 Å². The molecule has 0 saturated carbocycles. The van der Waals surface area contributed by atoms with Crippen LogP contribution in [-0.4, -0.2) is 46.9 Å². The number of nitrogens with one attached hydrogen (secondary N) is 1. The van der Waals surface area contributed by atoms with Crippen LogP contribution in [0.5, 0.6) is 0 Å². The zero-order valence-corrected chi connectivity index (χ0v) is 15.5. The maximum absolute atomic E-state index is 14.9. The average Bonchev–Trinajstić information content (AvgIpc) is 3.31. The summed E-state index contributed by atoms with van der Waals surface area (Å²) in [6.45, 7) is 1.77. The number of rotatable bonds is 5. The molecule has 1 N–H and O–H groups in total. The number of carbonyl (C=O) groups excluding carboxylic acids is 3. The first-order chi connectivity index (χ1) is 14.0. The van der Waals surface area contributed by atoms with Crippen molar-refractivity contribution in [3.05, 3.63) is 54.2 Å². The standard InChI is InChI=1S/C20H17FN4O4/c1-12(27)23-8-16-10-25(20(28)29-16)15-2-3-17(18(21)7-15)13-6-14(11-26)19-22-4-5-24(19)9-13/h2-7,9,11,16H,8,10H2,1H3,(H,23,27)/t16-/m0/s1. The summed E-state index contributed by atoms with van der Waals surface area (Å²) >= 11 is 0. The summed E-state index contributed by atoms with van der Waals surface area (Å²) in [6.07, 6.45) is 4.48. The number of aromatic nitrogens is 2. The van der Waals surface area contributed by atoms with Crippen molar-refractivity contribution in [1.29, 1.82) is 0 Å². The van der Waals surface area contributed by atoms with E-state index in [0.29, 0.717) is 28.7 Å². The number of aldehydes is 1. The highest BCUT2D eigenvalue weighted by Crippen LogP contribution is 2.30. The number of amides is 2. The zero-order valence-electron chi connectivity index (χ0n) is 15.5. The third-order valence-electron chi connectivity index (χ3n) is 4.67. The van der Waals surface area contributed by atoms with Gasteiger partial charge < -0.3 is 14.5 Å². The zero-order chi connectivity index (χ0) is 20.5. The van der Waals surface area contributed by atoms with Crippen molar-refractivity contribution in [1.82, 2.24) is 14.7 Å². The molecular formula is C20H17FN4O4. The summed E-state index contributed by atoms with van der Waals surface area (Å²) in [5.74, 6) is -0.767. The van der Waals surface area contributed by atoms with Crippen LogP contribution in [0.15, 0.2) is 42.9 Å². The van der Waals surface area contributed by atoms with Crippen LogP contribution in [0, 0.1) is 5.82 Å². The van der Waals surface area contributed by atoms with Crippen molar-refractivity contribution in [2.75, 3.05) is 18.0 Å². The molecule has 29 heavy (non-hydrogen) atoms. The van der Waals surface area contributed by atoms with Gasteiger partial charge in [0.2, 0.25) is 5.91 Å². The molecule has 4 rings (SSSR count). The Labute approximate surface area is 164 Å². The molecule has 1 aliphatic heterocycles. The number of halogens is 1. The fraction of sp³-hybridized carbons (Fsp3) is 0.200. The summed E-state index contributed by atoms with van der Waals surface area (Å²) in [7, 11) is 0. The lowest BCUT2D eigenvalue weighted by Gasteiger charge is -2.15. The number of pyridine rings is 1. The van der Waals surface area contributed by atoms with E-state index in [1.54, 1.807) is 41.2 Å². The lowest BCUT2D eigenvalue weighted by Crippen LogP contribution is -2.33. The first kappa shape index (κ1) is 18.6. The number of hydrogen-bond donors (Lipinski definition) is 1. The highest BCUT2D eigenvalue weighted by Gasteiger charge is 2.32. The number of ether oxygens (including phenoxy) is 1. The van der Waals surface area contributed by atoms with Gasteiger partial charge >= 0.3 is 6.09 Å². The van der Waals surface area contributed by atoms with Gasteiger partial charge in [0.25, 0.3) is 0 Å². The second kappa shape index (κ2) is 7.34. The number of cyclic esters (lactones) is 1. The number of carbonyl (C=O) groups is 3. The number of hydrogen-bond acceptors (Lipinski definition) is 5. The Morgan fingerprint density at radius 3 is 2.97 bits per heavy atom. The molecule has 148 valence electrons. The van der Waals surface area contributed by atoms with Gasteiger partial charge in [-0.3, -0.25) is 14.5 Å². The van der Waals surface area contributed by atoms with Gasteiger partial charge in [-0.1, -0.05) is 0 Å². The first-order valence-corrected chi connectivity index (χ1v) is 8.90. The number of benzene rings is 1. The molecule has 1 atom stereocenters. The number of imidazole rings is 1. The highest BCUT2D eigenvalue weighted by atomic mass is 19.1. The summed E-state index contributed by atoms with van der Waals surface area (Å²) in [4.78, 5) is 39.9. The molecule has 0 bridgehead atoms. The molecule has 0 aliphatic carbocycles. The fourth-order valence-corrected chi connectivity index (χ4v) is 3.30. The lowest BCUT2D eigenvalue weighted by atomic mass is 10.0. The lowest BCUT2D eigenvalue weighted by molar-refractivity contribution is -0.119. The Kier molecular flexibility index (Phi) is 4.71. The molecule has 1 aliphatic rings. The van der Waals surface area contributed by atoms with E-state index in [4.69, 9.17) is 4.74 Å². The molecule has 1 aromatic carbocycles. The van der Waals surface area contributed by atoms with Gasteiger partial charge in [0.1, 0.15) is 17.6 Å². The first-order valence-electron chi connectivity index (χ1n) is 8.90. The monoisotopic (exact) mass is 396 g/mol. The molecule has 0 radical (unpaired) electrons. The molecule has 2 aromatic heterocycles. The van der Waals surface area contributed by atoms with Crippen LogP contribution in [0.1, 0.15) is 17.3 Å². The third kappa shape index (κ3) is 3.54. The summed E-state index contributed by atoms with van der Waals surface area (Å²) in [6, 6.07) is 5.97. The number of anilines is 1. The minimum Gasteiger partial charge on any atom is -0.442 e. The molecule has 1 fully saturated rings. The van der Waals surface area contributed by atoms with Gasteiger partial charge in [0.15, 0.2) is 6.29 Å². The largest absolute Gasteiger partial charge is 0.442 e. The van der Waals surface area contributed by atoms with Crippen LogP contribution in [0.3, 0.4) is 0 Å². The number of fused-ring (bicyclic) bond motifs is 1. The summed E-state index contributed by atoms with van der Waals surface area (Å²) in [5.41, 5.74) is 1.98. The number of nitrogens with zero attached hydrogens (tertiary/aromatic N) is 3. The topological polar surface area (TPSA) is 93.0 Å². The normalized spacial score (nSPS) is 16.1. The Morgan fingerprint density at radius 1 is 1.41 bits per heavy atom. The van der Waals surface area contributed by atoms with Crippen LogP contribution in [0.25, 0.3) is 16.8 Å². The van der Waals surface area contributed by atoms with Gasteiger partial charge in [-0.25, -0.2) is 14.2 Å². The molecule has 2 amide bonds. The maximum Gasteiger partial charge on any atom is 0.414 e. The summed E-state index contributed by atoms with van der Waals surface area (Å²) in [5, 5.41) is 2.59. The van der Waals surface area contributed by atoms with Gasteiger partial charge in [0, 0.05) is 36.6 Å². The van der Waals surface area contributed by atoms with E-state index in [0.717, 1.165) is 0 Å². The minimum absolute atomic E-state index is 0.192. The molecule has 0 unspecified atom stereocenters. The van der Waals surface area contributed by atoms with Gasteiger partial charge in [-0.2, -0.15) is 0 Å². The van der Waals surface area contributed by atoms with Crippen LogP contribution in [-0.2, 0) is 9.53 Å². The molecule has 8 nitrogen and oxygen atoms in total. The van der Waals surface area contributed by atoms with E-state index >= 15 is 0 Å². The van der Waals surface area contributed by atoms with Gasteiger partial charge in [-0.15, -0.1) is 0 Å². The maximum atomic E-state index is 14.9. The van der Waals surface area contributed by atoms with Crippen molar-refractivity contribution in [2.24, 2.45) is 0 Å². The second-order valence-electron chi connectivity index (χ2n) is 6.68. The van der Waals surface area contributed by atoms with E-state index in [1.165, 1.54) is 17.9 Å². The Balaban J connectivity index is 1.61. The SMILES string of the molecule is CC(=O)NC[C@H]1CN(c2ccc(-c3cc(C=O)c4nccn4c3)c(F)c2)C(=O)O1. The van der Waals surface area contributed by atoms with Gasteiger partial charge in [-0.05, 0) is 24.3 Å². The Hall–Kier alpha value is -3.75. The Morgan fingerprint density at radius 2 is 2.24 bits per heavy atom. The molecular weight excluding hydrogens is 379 g/mol. The van der Waals surface area contributed by atoms with E-state index in [9.17, 15) is 18.8 Å². The van der Waals surface area contributed by atoms with Crippen molar-refractivity contribution in [3.63, 3.8) is 0 Å². The average molecular weight is 396 g/mol. The predicted octanol–water partition coefficient (Wildman–Crippen LogP) is 2.41. The van der Waals surface area contributed by atoms with E-state index in [1.807, 2.05) is 0 Å².